The minimum atomic E-state index is -0.378. The van der Waals surface area contributed by atoms with Crippen LogP contribution < -0.4 is 4.90 Å². The van der Waals surface area contributed by atoms with Crippen LogP contribution in [0.25, 0.3) is 75.1 Å². The maximum absolute atomic E-state index is 2.49. The Labute approximate surface area is 346 Å². The van der Waals surface area contributed by atoms with E-state index in [9.17, 15) is 0 Å². The van der Waals surface area contributed by atoms with Gasteiger partial charge < -0.3 is 4.90 Å². The van der Waals surface area contributed by atoms with E-state index in [1.54, 1.807) is 0 Å². The second kappa shape index (κ2) is 12.4. The number of fused-ring (bicyclic) bond motifs is 16. The zero-order chi connectivity index (χ0) is 38.7. The van der Waals surface area contributed by atoms with Crippen LogP contribution in [0, 0.1) is 0 Å². The molecule has 0 unspecified atom stereocenters. The number of benzene rings is 10. The van der Waals surface area contributed by atoms with E-state index in [1.807, 2.05) is 11.3 Å². The molecule has 1 nitrogen and oxygen atoms in total. The number of anilines is 3. The summed E-state index contributed by atoms with van der Waals surface area (Å²) >= 11 is 1.89. The maximum atomic E-state index is 2.49. The molecule has 0 saturated carbocycles. The van der Waals surface area contributed by atoms with Crippen molar-refractivity contribution < 1.29 is 0 Å². The van der Waals surface area contributed by atoms with Crippen molar-refractivity contribution in [2.75, 3.05) is 4.90 Å². The third-order valence-electron chi connectivity index (χ3n) is 13.1. The van der Waals surface area contributed by atoms with E-state index in [0.717, 1.165) is 11.4 Å². The molecule has 0 saturated heterocycles. The molecule has 0 bridgehead atoms. The Bertz CT molecular complexity index is 3470. The summed E-state index contributed by atoms with van der Waals surface area (Å²) in [5.41, 5.74) is 16.2. The van der Waals surface area contributed by atoms with Gasteiger partial charge in [0.15, 0.2) is 0 Å². The number of rotatable bonds is 4. The zero-order valence-electron chi connectivity index (χ0n) is 32.1. The topological polar surface area (TPSA) is 3.24 Å². The molecule has 11 aromatic rings. The summed E-state index contributed by atoms with van der Waals surface area (Å²) in [6, 6.07) is 79.2. The van der Waals surface area contributed by atoms with Crippen molar-refractivity contribution in [2.45, 2.75) is 5.41 Å². The SMILES string of the molecule is c1ccc2c(c1)-c1ccccc1C21c2ccccc2-c2cc(N(c3ccc(-c4ccc5ccccc5c4)cc3)c3cccc4c3sc3ccc5ccccc5c34)ccc21. The molecule has 2 heteroatoms. The number of thiophene rings is 1. The van der Waals surface area contributed by atoms with Crippen LogP contribution in [0.15, 0.2) is 212 Å². The average Bonchev–Trinajstić information content (AvgIpc) is 3.94. The van der Waals surface area contributed by atoms with Crippen LogP contribution in [0.5, 0.6) is 0 Å². The molecule has 2 aliphatic rings. The van der Waals surface area contributed by atoms with Crippen molar-refractivity contribution >= 4 is 70.1 Å². The molecular formula is C57H35NS. The largest absolute Gasteiger partial charge is 0.309 e. The first-order valence-corrected chi connectivity index (χ1v) is 21.2. The molecule has 0 radical (unpaired) electrons. The molecular weight excluding hydrogens is 731 g/mol. The van der Waals surface area contributed by atoms with Crippen LogP contribution in [0.2, 0.25) is 0 Å². The minimum Gasteiger partial charge on any atom is -0.309 e. The van der Waals surface area contributed by atoms with Gasteiger partial charge in [-0.15, -0.1) is 11.3 Å². The lowest BCUT2D eigenvalue weighted by molar-refractivity contribution is 0.794. The van der Waals surface area contributed by atoms with Gasteiger partial charge in [-0.1, -0.05) is 170 Å². The third kappa shape index (κ3) is 4.55. The van der Waals surface area contributed by atoms with E-state index in [2.05, 4.69) is 217 Å². The molecule has 10 aromatic carbocycles. The molecule has 13 rings (SSSR count). The Morgan fingerprint density at radius 2 is 0.915 bits per heavy atom. The molecule has 0 amide bonds. The highest BCUT2D eigenvalue weighted by molar-refractivity contribution is 7.26. The number of nitrogens with zero attached hydrogens (tertiary/aromatic N) is 1. The highest BCUT2D eigenvalue weighted by Gasteiger charge is 2.51. The van der Waals surface area contributed by atoms with Gasteiger partial charge in [0.2, 0.25) is 0 Å². The fraction of sp³-hybridized carbons (Fsp3) is 0.0175. The summed E-state index contributed by atoms with van der Waals surface area (Å²) in [7, 11) is 0. The van der Waals surface area contributed by atoms with Crippen molar-refractivity contribution in [1.82, 2.24) is 0 Å². The molecule has 1 spiro atoms. The van der Waals surface area contributed by atoms with Crippen LogP contribution in [-0.4, -0.2) is 0 Å². The van der Waals surface area contributed by atoms with Crippen molar-refractivity contribution in [3.05, 3.63) is 235 Å². The summed E-state index contributed by atoms with van der Waals surface area (Å²) in [5.74, 6) is 0. The number of hydrogen-bond donors (Lipinski definition) is 0. The van der Waals surface area contributed by atoms with Crippen LogP contribution in [0.3, 0.4) is 0 Å². The van der Waals surface area contributed by atoms with Gasteiger partial charge in [-0.3, -0.25) is 0 Å². The van der Waals surface area contributed by atoms with Gasteiger partial charge in [0.1, 0.15) is 0 Å². The Hall–Kier alpha value is -7.26. The molecule has 0 fully saturated rings. The highest BCUT2D eigenvalue weighted by Crippen LogP contribution is 2.63. The molecule has 274 valence electrons. The predicted octanol–water partition coefficient (Wildman–Crippen LogP) is 15.8. The van der Waals surface area contributed by atoms with Crippen LogP contribution in [0.4, 0.5) is 17.1 Å². The van der Waals surface area contributed by atoms with Crippen molar-refractivity contribution in [1.29, 1.82) is 0 Å². The van der Waals surface area contributed by atoms with Gasteiger partial charge in [-0.05, 0) is 120 Å². The molecule has 0 aliphatic heterocycles. The van der Waals surface area contributed by atoms with E-state index >= 15 is 0 Å². The van der Waals surface area contributed by atoms with E-state index in [4.69, 9.17) is 0 Å². The van der Waals surface area contributed by atoms with Gasteiger partial charge in [-0.25, -0.2) is 0 Å². The van der Waals surface area contributed by atoms with Gasteiger partial charge in [0.25, 0.3) is 0 Å². The molecule has 2 aliphatic carbocycles. The summed E-state index contributed by atoms with van der Waals surface area (Å²) in [5, 5.41) is 7.71. The Balaban J connectivity index is 1.05. The summed E-state index contributed by atoms with van der Waals surface area (Å²) < 4.78 is 2.59. The van der Waals surface area contributed by atoms with Crippen molar-refractivity contribution in [3.8, 4) is 33.4 Å². The standard InChI is InChI=1S/C57H35NS/c1-2-14-39-34-40(25-24-36(39)12-1)37-26-29-41(30-27-37)58(53-23-11-19-47-55-43-15-4-3-13-38(43)28-33-54(55)59-56(47)53)42-31-32-52-48(35-42)46-18-7-10-22-51(46)57(52)49-20-8-5-16-44(49)45-17-6-9-21-50(45)57/h1-35H. The lowest BCUT2D eigenvalue weighted by Gasteiger charge is -2.31. The van der Waals surface area contributed by atoms with E-state index < -0.39 is 0 Å². The Morgan fingerprint density at radius 1 is 0.356 bits per heavy atom. The smallest absolute Gasteiger partial charge is 0.0725 e. The van der Waals surface area contributed by atoms with E-state index in [1.165, 1.54) is 103 Å². The fourth-order valence-corrected chi connectivity index (χ4v) is 11.8. The predicted molar refractivity (Wildman–Crippen MR) is 251 cm³/mol. The fourth-order valence-electron chi connectivity index (χ4n) is 10.6. The quantitative estimate of drug-likeness (QED) is 0.172. The third-order valence-corrected chi connectivity index (χ3v) is 14.2. The van der Waals surface area contributed by atoms with Crippen LogP contribution in [-0.2, 0) is 5.41 Å². The average molecular weight is 766 g/mol. The second-order valence-electron chi connectivity index (χ2n) is 16.0. The summed E-state index contributed by atoms with van der Waals surface area (Å²) in [6.07, 6.45) is 0. The van der Waals surface area contributed by atoms with Gasteiger partial charge in [0, 0.05) is 26.8 Å². The normalized spacial score (nSPS) is 13.2. The molecule has 1 heterocycles. The molecule has 0 N–H and O–H groups in total. The second-order valence-corrected chi connectivity index (χ2v) is 17.0. The minimum absolute atomic E-state index is 0.378. The van der Waals surface area contributed by atoms with Crippen LogP contribution >= 0.6 is 11.3 Å². The Kier molecular flexibility index (Phi) is 6.87. The first kappa shape index (κ1) is 32.8. The van der Waals surface area contributed by atoms with E-state index in [-0.39, 0.29) is 5.41 Å². The zero-order valence-corrected chi connectivity index (χ0v) is 32.9. The monoisotopic (exact) mass is 765 g/mol. The van der Waals surface area contributed by atoms with Crippen molar-refractivity contribution in [3.63, 3.8) is 0 Å². The summed E-state index contributed by atoms with van der Waals surface area (Å²) in [4.78, 5) is 2.49. The highest BCUT2D eigenvalue weighted by atomic mass is 32.1. The van der Waals surface area contributed by atoms with Crippen molar-refractivity contribution in [2.24, 2.45) is 0 Å². The van der Waals surface area contributed by atoms with E-state index in [0.29, 0.717) is 0 Å². The van der Waals surface area contributed by atoms with Gasteiger partial charge >= 0.3 is 0 Å². The van der Waals surface area contributed by atoms with Crippen LogP contribution in [0.1, 0.15) is 22.3 Å². The molecule has 59 heavy (non-hydrogen) atoms. The molecule has 0 atom stereocenters. The maximum Gasteiger partial charge on any atom is 0.0725 e. The lowest BCUT2D eigenvalue weighted by atomic mass is 9.70. The number of hydrogen-bond acceptors (Lipinski definition) is 2. The lowest BCUT2D eigenvalue weighted by Crippen LogP contribution is -2.25. The Morgan fingerprint density at radius 3 is 1.66 bits per heavy atom. The summed E-state index contributed by atoms with van der Waals surface area (Å²) in [6.45, 7) is 0. The first-order valence-electron chi connectivity index (χ1n) is 20.4. The van der Waals surface area contributed by atoms with Gasteiger partial charge in [-0.2, -0.15) is 0 Å². The first-order chi connectivity index (χ1) is 29.3. The van der Waals surface area contributed by atoms with Gasteiger partial charge in [0.05, 0.1) is 15.8 Å². The molecule has 1 aromatic heterocycles.